The van der Waals surface area contributed by atoms with Crippen molar-refractivity contribution in [3.8, 4) is 22.6 Å². The van der Waals surface area contributed by atoms with Crippen LogP contribution in [0.25, 0.3) is 11.1 Å². The normalized spacial score (nSPS) is 11.7. The number of unbranched alkanes of at least 4 members (excludes halogenated alkanes) is 1. The Morgan fingerprint density at radius 2 is 1.76 bits per heavy atom. The zero-order valence-electron chi connectivity index (χ0n) is 21.9. The number of tetrazole rings is 1. The van der Waals surface area contributed by atoms with Crippen LogP contribution in [0, 0.1) is 0 Å². The van der Waals surface area contributed by atoms with Crippen LogP contribution in [0.1, 0.15) is 54.5 Å². The molecule has 38 heavy (non-hydrogen) atoms. The minimum Gasteiger partial charge on any atom is -0.493 e. The highest BCUT2D eigenvalue weighted by Gasteiger charge is 2.18. The van der Waals surface area contributed by atoms with E-state index in [9.17, 15) is 4.79 Å². The average molecular weight is 534 g/mol. The molecule has 0 bridgehead atoms. The topological polar surface area (TPSA) is 93.2 Å². The molecule has 198 valence electrons. The van der Waals surface area contributed by atoms with Gasteiger partial charge in [-0.05, 0) is 66.8 Å². The predicted molar refractivity (Wildman–Crippen MR) is 148 cm³/mol. The van der Waals surface area contributed by atoms with E-state index in [2.05, 4.69) is 51.8 Å². The van der Waals surface area contributed by atoms with E-state index in [4.69, 9.17) is 21.1 Å². The van der Waals surface area contributed by atoms with Crippen LogP contribution in [0.4, 0.5) is 0 Å². The van der Waals surface area contributed by atoms with Gasteiger partial charge in [-0.15, -0.1) is 10.2 Å². The van der Waals surface area contributed by atoms with Gasteiger partial charge < -0.3 is 14.4 Å². The molecule has 4 rings (SSSR count). The van der Waals surface area contributed by atoms with E-state index < -0.39 is 0 Å². The van der Waals surface area contributed by atoms with Gasteiger partial charge in [0.2, 0.25) is 5.82 Å². The van der Waals surface area contributed by atoms with Crippen LogP contribution >= 0.6 is 11.6 Å². The number of hydrogen-bond acceptors (Lipinski definition) is 6. The van der Waals surface area contributed by atoms with Gasteiger partial charge in [0.15, 0.2) is 6.10 Å². The highest BCUT2D eigenvalue weighted by molar-refractivity contribution is 6.31. The maximum Gasteiger partial charge on any atom is 0.257 e. The summed E-state index contributed by atoms with van der Waals surface area (Å²) in [6.45, 7) is 5.12. The number of nitrogens with one attached hydrogen (secondary N) is 1. The van der Waals surface area contributed by atoms with Crippen molar-refractivity contribution in [3.63, 3.8) is 0 Å². The molecule has 1 unspecified atom stereocenters. The Balaban J connectivity index is 1.33. The van der Waals surface area contributed by atoms with Gasteiger partial charge in [0, 0.05) is 18.6 Å². The Labute approximate surface area is 227 Å². The summed E-state index contributed by atoms with van der Waals surface area (Å²) in [5.74, 6) is 1.70. The third kappa shape index (κ3) is 7.10. The van der Waals surface area contributed by atoms with E-state index in [1.165, 1.54) is 0 Å². The summed E-state index contributed by atoms with van der Waals surface area (Å²) in [7, 11) is 1.80. The van der Waals surface area contributed by atoms with E-state index in [1.807, 2.05) is 31.2 Å². The van der Waals surface area contributed by atoms with Crippen LogP contribution in [0.2, 0.25) is 5.02 Å². The molecule has 0 saturated heterocycles. The molecule has 4 aromatic rings. The zero-order chi connectivity index (χ0) is 26.9. The van der Waals surface area contributed by atoms with Crippen molar-refractivity contribution in [2.45, 2.75) is 39.2 Å². The Kier molecular flexibility index (Phi) is 9.32. The molecule has 1 heterocycles. The zero-order valence-corrected chi connectivity index (χ0v) is 22.6. The van der Waals surface area contributed by atoms with Crippen LogP contribution in [0.3, 0.4) is 0 Å². The molecule has 0 aliphatic carbocycles. The molecule has 0 aliphatic heterocycles. The number of benzene rings is 3. The second-order valence-corrected chi connectivity index (χ2v) is 9.51. The van der Waals surface area contributed by atoms with Crippen LogP contribution in [-0.2, 0) is 6.42 Å². The fourth-order valence-electron chi connectivity index (χ4n) is 3.91. The van der Waals surface area contributed by atoms with Crippen LogP contribution in [-0.4, -0.2) is 51.6 Å². The van der Waals surface area contributed by atoms with Gasteiger partial charge in [-0.3, -0.25) is 4.79 Å². The number of likely N-dealkylation sites (N-methyl/N-ethyl adjacent to an activating group) is 1. The molecule has 1 atom stereocenters. The van der Waals surface area contributed by atoms with E-state index in [1.54, 1.807) is 30.1 Å². The molecule has 1 amide bonds. The van der Waals surface area contributed by atoms with E-state index >= 15 is 0 Å². The number of nitrogens with zero attached hydrogens (tertiary/aromatic N) is 4. The summed E-state index contributed by atoms with van der Waals surface area (Å²) in [5, 5.41) is 14.4. The quantitative estimate of drug-likeness (QED) is 0.219. The fraction of sp³-hybridized carbons (Fsp3) is 0.310. The number of aromatic nitrogens is 4. The summed E-state index contributed by atoms with van der Waals surface area (Å²) in [6, 6.07) is 21.5. The summed E-state index contributed by atoms with van der Waals surface area (Å²) < 4.78 is 11.7. The molecule has 0 spiro atoms. The monoisotopic (exact) mass is 533 g/mol. The number of rotatable bonds is 12. The van der Waals surface area contributed by atoms with Crippen molar-refractivity contribution < 1.29 is 14.3 Å². The second-order valence-electron chi connectivity index (χ2n) is 9.07. The molecule has 3 aromatic carbocycles. The number of carbonyl (C=O) groups excluding carboxylic acids is 1. The van der Waals surface area contributed by atoms with Crippen molar-refractivity contribution in [1.82, 2.24) is 25.5 Å². The van der Waals surface area contributed by atoms with Gasteiger partial charge in [0.25, 0.3) is 5.91 Å². The molecule has 9 heteroatoms. The molecular weight excluding hydrogens is 502 g/mol. The van der Waals surface area contributed by atoms with Gasteiger partial charge in [-0.2, -0.15) is 5.21 Å². The molecule has 0 saturated carbocycles. The number of H-pyrrole nitrogens is 1. The number of halogens is 1. The lowest BCUT2D eigenvalue weighted by atomic mass is 10.0. The third-order valence-corrected chi connectivity index (χ3v) is 6.42. The van der Waals surface area contributed by atoms with Crippen LogP contribution in [0.15, 0.2) is 66.7 Å². The third-order valence-electron chi connectivity index (χ3n) is 6.19. The highest BCUT2D eigenvalue weighted by atomic mass is 35.5. The molecule has 8 nitrogen and oxygen atoms in total. The smallest absolute Gasteiger partial charge is 0.257 e. The van der Waals surface area contributed by atoms with Crippen LogP contribution in [0.5, 0.6) is 11.5 Å². The van der Waals surface area contributed by atoms with Crippen molar-refractivity contribution in [2.75, 3.05) is 20.2 Å². The Bertz CT molecular complexity index is 1310. The molecule has 0 aliphatic rings. The summed E-state index contributed by atoms with van der Waals surface area (Å²) in [4.78, 5) is 14.8. The molecule has 0 radical (unpaired) electrons. The van der Waals surface area contributed by atoms with Crippen LogP contribution < -0.4 is 9.47 Å². The number of aromatic amines is 1. The average Bonchev–Trinajstić information content (AvgIpc) is 3.48. The van der Waals surface area contributed by atoms with Crippen molar-refractivity contribution in [2.24, 2.45) is 0 Å². The standard InChI is InChI=1S/C29H32ClN5O3/c1-4-5-18-37-27-15-12-24(30)19-26(27)29(36)35(3)17-16-21-6-8-22(9-7-21)23-10-13-25(14-11-23)38-20(2)28-31-33-34-32-28/h6-15,19-20H,4-5,16-18H2,1-3H3,(H,31,32,33,34). The first-order valence-corrected chi connectivity index (χ1v) is 13.1. The van der Waals surface area contributed by atoms with E-state index in [0.29, 0.717) is 35.3 Å². The van der Waals surface area contributed by atoms with E-state index in [0.717, 1.165) is 41.7 Å². The predicted octanol–water partition coefficient (Wildman–Crippen LogP) is 6.15. The lowest BCUT2D eigenvalue weighted by Crippen LogP contribution is -2.29. The second kappa shape index (κ2) is 13.1. The molecular formula is C29H32ClN5O3. The van der Waals surface area contributed by atoms with E-state index in [-0.39, 0.29) is 12.0 Å². The molecule has 0 fully saturated rings. The van der Waals surface area contributed by atoms with Gasteiger partial charge in [-0.25, -0.2) is 0 Å². The fourth-order valence-corrected chi connectivity index (χ4v) is 4.09. The van der Waals surface area contributed by atoms with Crippen molar-refractivity contribution in [3.05, 3.63) is 88.7 Å². The Hall–Kier alpha value is -3.91. The minimum atomic E-state index is -0.303. The maximum atomic E-state index is 13.1. The molecule has 1 N–H and O–H groups in total. The summed E-state index contributed by atoms with van der Waals surface area (Å²) in [5.41, 5.74) is 3.82. The van der Waals surface area contributed by atoms with Gasteiger partial charge >= 0.3 is 0 Å². The van der Waals surface area contributed by atoms with Crippen molar-refractivity contribution >= 4 is 17.5 Å². The SMILES string of the molecule is CCCCOc1ccc(Cl)cc1C(=O)N(C)CCc1ccc(-c2ccc(OC(C)c3nn[nH]n3)cc2)cc1. The van der Waals surface area contributed by atoms with Gasteiger partial charge in [0.05, 0.1) is 12.2 Å². The minimum absolute atomic E-state index is 0.105. The van der Waals surface area contributed by atoms with Gasteiger partial charge in [-0.1, -0.05) is 66.6 Å². The summed E-state index contributed by atoms with van der Waals surface area (Å²) >= 11 is 6.18. The van der Waals surface area contributed by atoms with Crippen molar-refractivity contribution in [1.29, 1.82) is 0 Å². The number of carbonyl (C=O) groups is 1. The summed E-state index contributed by atoms with van der Waals surface area (Å²) in [6.07, 6.45) is 2.39. The first-order chi connectivity index (χ1) is 18.4. The Morgan fingerprint density at radius 1 is 1.05 bits per heavy atom. The maximum absolute atomic E-state index is 13.1. The number of ether oxygens (including phenoxy) is 2. The highest BCUT2D eigenvalue weighted by Crippen LogP contribution is 2.26. The lowest BCUT2D eigenvalue weighted by molar-refractivity contribution is 0.0792. The first-order valence-electron chi connectivity index (χ1n) is 12.7. The first kappa shape index (κ1) is 27.1. The van der Waals surface area contributed by atoms with Gasteiger partial charge in [0.1, 0.15) is 11.5 Å². The number of hydrogen-bond donors (Lipinski definition) is 1. The Morgan fingerprint density at radius 3 is 2.42 bits per heavy atom. The lowest BCUT2D eigenvalue weighted by Gasteiger charge is -2.19. The largest absolute Gasteiger partial charge is 0.493 e. The molecule has 1 aromatic heterocycles. The number of amides is 1.